The van der Waals surface area contributed by atoms with Crippen LogP contribution in [0.3, 0.4) is 0 Å². The number of fused-ring (bicyclic) bond motifs is 2. The Labute approximate surface area is 163 Å². The third-order valence-electron chi connectivity index (χ3n) is 5.52. The molecule has 6 nitrogen and oxygen atoms in total. The molecule has 2 aromatic carbocycles. The van der Waals surface area contributed by atoms with Crippen LogP contribution in [0.5, 0.6) is 0 Å². The van der Waals surface area contributed by atoms with E-state index in [0.29, 0.717) is 23.3 Å². The van der Waals surface area contributed by atoms with Crippen molar-refractivity contribution in [2.24, 2.45) is 5.73 Å². The molecule has 1 aliphatic carbocycles. The lowest BCUT2D eigenvalue weighted by atomic mass is 9.87. The number of carbonyl (C=O) groups excluding carboxylic acids is 1. The number of rotatable bonds is 5. The summed E-state index contributed by atoms with van der Waals surface area (Å²) in [6, 6.07) is 16.0. The predicted molar refractivity (Wildman–Crippen MR) is 109 cm³/mol. The van der Waals surface area contributed by atoms with Gasteiger partial charge in [0, 0.05) is 6.04 Å². The molecule has 0 spiro atoms. The van der Waals surface area contributed by atoms with Crippen LogP contribution in [0.2, 0.25) is 0 Å². The van der Waals surface area contributed by atoms with E-state index in [1.165, 1.54) is 15.7 Å². The standard InChI is InChI=1S/C22H24N4O2/c1-25(19-12-6-8-15-7-2-3-9-16(15)19)14-21-24-18-11-5-4-10-17(18)22(28)26(21)13-20(23)27/h2-5,7,9-11,19H,6,8,12-14H2,1H3,(H2,23,27)/t19-/m1/s1. The normalized spacial score (nSPS) is 16.3. The zero-order valence-electron chi connectivity index (χ0n) is 16.0. The van der Waals surface area contributed by atoms with E-state index in [4.69, 9.17) is 10.7 Å². The molecule has 28 heavy (non-hydrogen) atoms. The van der Waals surface area contributed by atoms with Crippen LogP contribution in [-0.2, 0) is 24.3 Å². The Balaban J connectivity index is 1.73. The van der Waals surface area contributed by atoms with E-state index in [2.05, 4.69) is 29.2 Å². The van der Waals surface area contributed by atoms with Gasteiger partial charge in [0.05, 0.1) is 17.4 Å². The van der Waals surface area contributed by atoms with E-state index in [-0.39, 0.29) is 18.1 Å². The van der Waals surface area contributed by atoms with Crippen LogP contribution >= 0.6 is 0 Å². The average Bonchev–Trinajstić information content (AvgIpc) is 2.70. The van der Waals surface area contributed by atoms with Gasteiger partial charge in [-0.1, -0.05) is 36.4 Å². The maximum atomic E-state index is 12.9. The molecular weight excluding hydrogens is 352 g/mol. The van der Waals surface area contributed by atoms with Crippen LogP contribution in [0.1, 0.15) is 35.8 Å². The number of amides is 1. The summed E-state index contributed by atoms with van der Waals surface area (Å²) in [7, 11) is 2.04. The molecule has 1 aliphatic rings. The summed E-state index contributed by atoms with van der Waals surface area (Å²) in [5.41, 5.74) is 8.53. The van der Waals surface area contributed by atoms with Crippen molar-refractivity contribution in [3.8, 4) is 0 Å². The molecule has 0 saturated carbocycles. The summed E-state index contributed by atoms with van der Waals surface area (Å²) in [4.78, 5) is 31.4. The van der Waals surface area contributed by atoms with Gasteiger partial charge in [-0.3, -0.25) is 19.1 Å². The van der Waals surface area contributed by atoms with Crippen LogP contribution < -0.4 is 11.3 Å². The van der Waals surface area contributed by atoms with Crippen molar-refractivity contribution in [2.75, 3.05) is 7.05 Å². The molecule has 2 N–H and O–H groups in total. The molecule has 3 aromatic rings. The molecule has 0 radical (unpaired) electrons. The van der Waals surface area contributed by atoms with Crippen molar-refractivity contribution in [1.29, 1.82) is 0 Å². The first kappa shape index (κ1) is 18.4. The van der Waals surface area contributed by atoms with Crippen molar-refractivity contribution in [1.82, 2.24) is 14.5 Å². The predicted octanol–water partition coefficient (Wildman–Crippen LogP) is 2.39. The van der Waals surface area contributed by atoms with Gasteiger partial charge in [-0.05, 0) is 49.6 Å². The van der Waals surface area contributed by atoms with Gasteiger partial charge in [0.2, 0.25) is 5.91 Å². The number of para-hydroxylation sites is 1. The Bertz CT molecular complexity index is 1090. The van der Waals surface area contributed by atoms with Gasteiger partial charge < -0.3 is 5.73 Å². The minimum absolute atomic E-state index is 0.166. The van der Waals surface area contributed by atoms with E-state index in [9.17, 15) is 9.59 Å². The Morgan fingerprint density at radius 1 is 1.21 bits per heavy atom. The number of carbonyl (C=O) groups is 1. The van der Waals surface area contributed by atoms with Crippen LogP contribution in [0.4, 0.5) is 0 Å². The first-order chi connectivity index (χ1) is 13.5. The van der Waals surface area contributed by atoms with Gasteiger partial charge in [-0.15, -0.1) is 0 Å². The van der Waals surface area contributed by atoms with E-state index in [1.807, 2.05) is 19.2 Å². The fourth-order valence-electron chi connectivity index (χ4n) is 4.17. The molecule has 1 aromatic heterocycles. The fraction of sp³-hybridized carbons (Fsp3) is 0.318. The lowest BCUT2D eigenvalue weighted by Crippen LogP contribution is -2.35. The quantitative estimate of drug-likeness (QED) is 0.741. The van der Waals surface area contributed by atoms with E-state index >= 15 is 0 Å². The van der Waals surface area contributed by atoms with Crippen molar-refractivity contribution in [3.05, 3.63) is 75.8 Å². The molecule has 6 heteroatoms. The molecule has 0 unspecified atom stereocenters. The second-order valence-corrected chi connectivity index (χ2v) is 7.42. The Hall–Kier alpha value is -2.99. The average molecular weight is 376 g/mol. The number of benzene rings is 2. The smallest absolute Gasteiger partial charge is 0.261 e. The largest absolute Gasteiger partial charge is 0.368 e. The molecule has 1 atom stereocenters. The van der Waals surface area contributed by atoms with Crippen molar-refractivity contribution >= 4 is 16.8 Å². The zero-order valence-corrected chi connectivity index (χ0v) is 16.0. The van der Waals surface area contributed by atoms with Gasteiger partial charge in [0.15, 0.2) is 0 Å². The number of primary amides is 1. The van der Waals surface area contributed by atoms with E-state index < -0.39 is 5.91 Å². The maximum absolute atomic E-state index is 12.9. The van der Waals surface area contributed by atoms with Gasteiger partial charge in [-0.2, -0.15) is 0 Å². The van der Waals surface area contributed by atoms with Crippen LogP contribution in [0, 0.1) is 0 Å². The third kappa shape index (κ3) is 3.43. The summed E-state index contributed by atoms with van der Waals surface area (Å²) >= 11 is 0. The number of nitrogens with zero attached hydrogens (tertiary/aromatic N) is 3. The van der Waals surface area contributed by atoms with E-state index in [0.717, 1.165) is 19.3 Å². The molecule has 0 aliphatic heterocycles. The van der Waals surface area contributed by atoms with Crippen LogP contribution in [-0.4, -0.2) is 27.4 Å². The number of hydrogen-bond acceptors (Lipinski definition) is 4. The van der Waals surface area contributed by atoms with Gasteiger partial charge in [-0.25, -0.2) is 4.98 Å². The molecule has 0 fully saturated rings. The summed E-state index contributed by atoms with van der Waals surface area (Å²) in [6.07, 6.45) is 3.29. The van der Waals surface area contributed by atoms with Crippen LogP contribution in [0.25, 0.3) is 10.9 Å². The van der Waals surface area contributed by atoms with Crippen molar-refractivity contribution in [2.45, 2.75) is 38.4 Å². The van der Waals surface area contributed by atoms with Crippen molar-refractivity contribution < 1.29 is 4.79 Å². The van der Waals surface area contributed by atoms with Gasteiger partial charge in [0.25, 0.3) is 5.56 Å². The van der Waals surface area contributed by atoms with Crippen molar-refractivity contribution in [3.63, 3.8) is 0 Å². The second-order valence-electron chi connectivity index (χ2n) is 7.42. The Morgan fingerprint density at radius 2 is 1.96 bits per heavy atom. The highest BCUT2D eigenvalue weighted by Crippen LogP contribution is 2.34. The minimum Gasteiger partial charge on any atom is -0.368 e. The second kappa shape index (κ2) is 7.56. The topological polar surface area (TPSA) is 81.2 Å². The Morgan fingerprint density at radius 3 is 2.79 bits per heavy atom. The summed E-state index contributed by atoms with van der Waals surface area (Å²) in [5.74, 6) is 0.0131. The molecule has 1 amide bonds. The number of nitrogens with two attached hydrogens (primary N) is 1. The minimum atomic E-state index is -0.550. The van der Waals surface area contributed by atoms with E-state index in [1.54, 1.807) is 12.1 Å². The number of aryl methyl sites for hydroxylation is 1. The van der Waals surface area contributed by atoms with Gasteiger partial charge >= 0.3 is 0 Å². The number of hydrogen-bond donors (Lipinski definition) is 1. The summed E-state index contributed by atoms with van der Waals surface area (Å²) in [6.45, 7) is 0.299. The highest BCUT2D eigenvalue weighted by Gasteiger charge is 2.25. The monoisotopic (exact) mass is 376 g/mol. The maximum Gasteiger partial charge on any atom is 0.261 e. The highest BCUT2D eigenvalue weighted by atomic mass is 16.2. The molecule has 0 saturated heterocycles. The third-order valence-corrected chi connectivity index (χ3v) is 5.52. The first-order valence-electron chi connectivity index (χ1n) is 9.59. The summed E-state index contributed by atoms with van der Waals surface area (Å²) < 4.78 is 1.41. The van der Waals surface area contributed by atoms with Gasteiger partial charge in [0.1, 0.15) is 12.4 Å². The Kier molecular flexibility index (Phi) is 4.96. The lowest BCUT2D eigenvalue weighted by molar-refractivity contribution is -0.118. The summed E-state index contributed by atoms with van der Waals surface area (Å²) in [5, 5.41) is 0.498. The SMILES string of the molecule is CN(Cc1nc2ccccc2c(=O)n1CC(N)=O)[C@@H]1CCCc2ccccc21. The first-order valence-corrected chi connectivity index (χ1v) is 9.59. The number of aromatic nitrogens is 2. The molecule has 144 valence electrons. The molecule has 4 rings (SSSR count). The van der Waals surface area contributed by atoms with Crippen LogP contribution in [0.15, 0.2) is 53.3 Å². The zero-order chi connectivity index (χ0) is 19.7. The molecule has 1 heterocycles. The molecular formula is C22H24N4O2. The fourth-order valence-corrected chi connectivity index (χ4v) is 4.17. The highest BCUT2D eigenvalue weighted by molar-refractivity contribution is 5.78. The lowest BCUT2D eigenvalue weighted by Gasteiger charge is -2.33. The molecule has 0 bridgehead atoms.